The Labute approximate surface area is 119 Å². The third-order valence-electron chi connectivity index (χ3n) is 2.75. The fourth-order valence-electron chi connectivity index (χ4n) is 1.87. The summed E-state index contributed by atoms with van der Waals surface area (Å²) in [6.45, 7) is 7.27. The molecule has 2 heterocycles. The van der Waals surface area contributed by atoms with Crippen molar-refractivity contribution < 1.29 is 0 Å². The van der Waals surface area contributed by atoms with Crippen molar-refractivity contribution >= 4 is 34.5 Å². The number of benzene rings is 1. The second kappa shape index (κ2) is 4.54. The maximum atomic E-state index is 7.27. The van der Waals surface area contributed by atoms with Crippen molar-refractivity contribution in [1.29, 1.82) is 0 Å². The van der Waals surface area contributed by atoms with Crippen molar-refractivity contribution in [2.24, 2.45) is 0 Å². The summed E-state index contributed by atoms with van der Waals surface area (Å²) in [5.41, 5.74) is 2.58. The second-order valence-electron chi connectivity index (χ2n) is 3.90. The van der Waals surface area contributed by atoms with Crippen molar-refractivity contribution in [2.75, 3.05) is 0 Å². The average Bonchev–Trinajstić information content (AvgIpc) is 2.84. The quantitative estimate of drug-likeness (QED) is 0.627. The van der Waals surface area contributed by atoms with E-state index in [1.165, 1.54) is 0 Å². The summed E-state index contributed by atoms with van der Waals surface area (Å²) in [5, 5.41) is 8.78. The van der Waals surface area contributed by atoms with Gasteiger partial charge in [0.1, 0.15) is 12.0 Å². The molecule has 0 aliphatic heterocycles. The molecule has 1 aromatic carbocycles. The first-order chi connectivity index (χ1) is 9.19. The van der Waals surface area contributed by atoms with Crippen LogP contribution < -0.4 is 0 Å². The summed E-state index contributed by atoms with van der Waals surface area (Å²) < 4.78 is 1.74. The molecule has 0 saturated carbocycles. The largest absolute Gasteiger partial charge is 0.291 e. The molecule has 0 N–H and O–H groups in total. The summed E-state index contributed by atoms with van der Waals surface area (Å²) in [4.78, 5) is 3.52. The average molecular weight is 289 g/mol. The minimum atomic E-state index is 0.477. The minimum absolute atomic E-state index is 0.477. The van der Waals surface area contributed by atoms with Gasteiger partial charge in [0.2, 0.25) is 0 Å². The van der Waals surface area contributed by atoms with Gasteiger partial charge in [0.25, 0.3) is 0 Å². The van der Waals surface area contributed by atoms with Crippen molar-refractivity contribution in [2.45, 2.75) is 0 Å². The maximum Gasteiger partial charge on any atom is 0.200 e. The van der Waals surface area contributed by atoms with Gasteiger partial charge in [-0.2, -0.15) is 0 Å². The fourth-order valence-corrected chi connectivity index (χ4v) is 2.38. The summed E-state index contributed by atoms with van der Waals surface area (Å²) in [6.07, 6.45) is 3.37. The van der Waals surface area contributed by atoms with Gasteiger partial charge in [-0.25, -0.2) is 4.85 Å². The Bertz CT molecular complexity index is 817. The highest BCUT2D eigenvalue weighted by Gasteiger charge is 2.11. The lowest BCUT2D eigenvalue weighted by Gasteiger charge is -2.08. The Balaban J connectivity index is 2.31. The Hall–Kier alpha value is -2.09. The number of rotatable bonds is 1. The molecule has 0 atom stereocenters. The number of fused-ring (bicyclic) bond motifs is 1. The van der Waals surface area contributed by atoms with E-state index in [9.17, 15) is 0 Å². The molecule has 0 fully saturated rings. The van der Waals surface area contributed by atoms with Crippen LogP contribution in [0.1, 0.15) is 0 Å². The first-order valence-corrected chi connectivity index (χ1v) is 6.11. The van der Waals surface area contributed by atoms with Crippen LogP contribution in [0.4, 0.5) is 5.69 Å². The normalized spacial score (nSPS) is 10.6. The Morgan fingerprint density at radius 1 is 1.16 bits per heavy atom. The number of nitrogens with zero attached hydrogens (tertiary/aromatic N) is 4. The third kappa shape index (κ3) is 2.03. The number of hydrogen-bond acceptors (Lipinski definition) is 2. The van der Waals surface area contributed by atoms with Gasteiger partial charge in [-0.1, -0.05) is 29.3 Å². The first-order valence-electron chi connectivity index (χ1n) is 5.35. The van der Waals surface area contributed by atoms with Gasteiger partial charge in [0.05, 0.1) is 6.57 Å². The second-order valence-corrected chi connectivity index (χ2v) is 4.75. The highest BCUT2D eigenvalue weighted by atomic mass is 35.5. The molecule has 0 radical (unpaired) electrons. The van der Waals surface area contributed by atoms with Gasteiger partial charge < -0.3 is 0 Å². The van der Waals surface area contributed by atoms with E-state index in [-0.39, 0.29) is 0 Å². The Morgan fingerprint density at radius 2 is 2.00 bits per heavy atom. The van der Waals surface area contributed by atoms with E-state index in [1.807, 2.05) is 0 Å². The van der Waals surface area contributed by atoms with Crippen LogP contribution in [0.25, 0.3) is 21.6 Å². The summed E-state index contributed by atoms with van der Waals surface area (Å²) in [5.74, 6) is 0. The third-order valence-corrected chi connectivity index (χ3v) is 3.30. The fraction of sp³-hybridized carbons (Fsp3) is 0. The van der Waals surface area contributed by atoms with Gasteiger partial charge in [-0.3, -0.25) is 4.40 Å². The lowest BCUT2D eigenvalue weighted by Crippen LogP contribution is -1.87. The molecule has 0 spiro atoms. The van der Waals surface area contributed by atoms with E-state index in [1.54, 1.807) is 41.2 Å². The molecule has 4 nitrogen and oxygen atoms in total. The summed E-state index contributed by atoms with van der Waals surface area (Å²) >= 11 is 12.1. The van der Waals surface area contributed by atoms with Crippen LogP contribution in [-0.2, 0) is 0 Å². The van der Waals surface area contributed by atoms with Gasteiger partial charge in [-0.15, -0.1) is 10.2 Å². The molecule has 6 heteroatoms. The molecule has 92 valence electrons. The minimum Gasteiger partial charge on any atom is -0.291 e. The number of halogens is 2. The molecule has 0 saturated heterocycles. The maximum absolute atomic E-state index is 7.27. The molecule has 19 heavy (non-hydrogen) atoms. The van der Waals surface area contributed by atoms with Crippen molar-refractivity contribution in [3.05, 3.63) is 58.3 Å². The van der Waals surface area contributed by atoms with Crippen LogP contribution >= 0.6 is 23.2 Å². The van der Waals surface area contributed by atoms with E-state index in [2.05, 4.69) is 15.0 Å². The molecule has 2 aromatic heterocycles. The monoisotopic (exact) mass is 288 g/mol. The predicted molar refractivity (Wildman–Crippen MR) is 74.7 cm³/mol. The summed E-state index contributed by atoms with van der Waals surface area (Å²) in [7, 11) is 0. The van der Waals surface area contributed by atoms with E-state index >= 15 is 0 Å². The molecular weight excluding hydrogens is 283 g/mol. The van der Waals surface area contributed by atoms with Crippen LogP contribution in [0.2, 0.25) is 10.0 Å². The highest BCUT2D eigenvalue weighted by Crippen LogP contribution is 2.36. The molecule has 0 aliphatic carbocycles. The van der Waals surface area contributed by atoms with Crippen LogP contribution in [0, 0.1) is 6.57 Å². The zero-order chi connectivity index (χ0) is 13.4. The van der Waals surface area contributed by atoms with Crippen molar-refractivity contribution in [1.82, 2.24) is 14.6 Å². The van der Waals surface area contributed by atoms with E-state index in [4.69, 9.17) is 29.8 Å². The molecule has 3 aromatic rings. The van der Waals surface area contributed by atoms with Crippen LogP contribution in [0.15, 0.2) is 36.8 Å². The number of aromatic nitrogens is 3. The standard InChI is InChI=1S/C13H6Cl2N4/c1-16-12-5-13-18-17-7-19(13)6-10(12)9-3-2-8(14)4-11(9)15/h2-7H. The predicted octanol–water partition coefficient (Wildman–Crippen LogP) is 4.25. The Morgan fingerprint density at radius 3 is 2.74 bits per heavy atom. The van der Waals surface area contributed by atoms with Gasteiger partial charge >= 0.3 is 0 Å². The smallest absolute Gasteiger partial charge is 0.200 e. The molecule has 3 rings (SSSR count). The van der Waals surface area contributed by atoms with Gasteiger partial charge in [0.15, 0.2) is 5.69 Å². The SMILES string of the molecule is [C-]#[N+]c1cc2nncn2cc1-c1ccc(Cl)cc1Cl. The van der Waals surface area contributed by atoms with E-state index < -0.39 is 0 Å². The number of hydrogen-bond donors (Lipinski definition) is 0. The molecule has 0 amide bonds. The molecule has 0 aliphatic rings. The van der Waals surface area contributed by atoms with Gasteiger partial charge in [-0.05, 0) is 23.8 Å². The molecule has 0 bridgehead atoms. The zero-order valence-electron chi connectivity index (χ0n) is 9.51. The van der Waals surface area contributed by atoms with Crippen LogP contribution in [0.3, 0.4) is 0 Å². The van der Waals surface area contributed by atoms with Crippen LogP contribution in [0.5, 0.6) is 0 Å². The Kier molecular flexibility index (Phi) is 2.86. The lowest BCUT2D eigenvalue weighted by molar-refractivity contribution is 1.10. The van der Waals surface area contributed by atoms with Crippen LogP contribution in [-0.4, -0.2) is 14.6 Å². The first kappa shape index (κ1) is 12.0. The molecule has 0 unspecified atom stereocenters. The van der Waals surface area contributed by atoms with Gasteiger partial charge in [0, 0.05) is 21.8 Å². The zero-order valence-corrected chi connectivity index (χ0v) is 11.0. The molecular formula is C13H6Cl2N4. The topological polar surface area (TPSA) is 34.5 Å². The van der Waals surface area contributed by atoms with E-state index in [0.29, 0.717) is 21.4 Å². The van der Waals surface area contributed by atoms with E-state index in [0.717, 1.165) is 11.1 Å². The van der Waals surface area contributed by atoms with Crippen molar-refractivity contribution in [3.63, 3.8) is 0 Å². The number of pyridine rings is 1. The lowest BCUT2D eigenvalue weighted by atomic mass is 10.1. The van der Waals surface area contributed by atoms with Crippen molar-refractivity contribution in [3.8, 4) is 11.1 Å². The highest BCUT2D eigenvalue weighted by molar-refractivity contribution is 6.36. The summed E-state index contributed by atoms with van der Waals surface area (Å²) in [6, 6.07) is 6.88.